The quantitative estimate of drug-likeness (QED) is 0.219. The minimum Gasteiger partial charge on any atom is -0.507 e. The Morgan fingerprint density at radius 1 is 0.892 bits per heavy atom. The molecule has 1 saturated heterocycles. The number of anilines is 4. The molecule has 3 N–H and O–H groups in total. The number of hydrazone groups is 1. The molecule has 0 bridgehead atoms. The lowest BCUT2D eigenvalue weighted by Gasteiger charge is -2.32. The molecule has 1 aromatic heterocycles. The molecule has 0 atom stereocenters. The summed E-state index contributed by atoms with van der Waals surface area (Å²) < 4.78 is 0. The summed E-state index contributed by atoms with van der Waals surface area (Å²) in [5, 5.41) is 17.5. The van der Waals surface area contributed by atoms with Gasteiger partial charge in [-0.25, -0.2) is 5.43 Å². The molecule has 188 valence electrons. The Kier molecular flexibility index (Phi) is 7.55. The van der Waals surface area contributed by atoms with E-state index in [1.165, 1.54) is 11.1 Å². The molecular formula is C29H31N7O. The molecule has 3 aromatic carbocycles. The Bertz CT molecular complexity index is 1330. The van der Waals surface area contributed by atoms with Crippen LogP contribution in [0.4, 0.5) is 23.5 Å². The molecule has 8 nitrogen and oxygen atoms in total. The number of nitrogens with one attached hydrogen (secondary N) is 2. The van der Waals surface area contributed by atoms with Crippen LogP contribution < -0.4 is 15.6 Å². The maximum atomic E-state index is 9.99. The zero-order valence-electron chi connectivity index (χ0n) is 20.9. The first kappa shape index (κ1) is 24.2. The molecule has 8 heteroatoms. The van der Waals surface area contributed by atoms with E-state index in [1.54, 1.807) is 24.4 Å². The van der Waals surface area contributed by atoms with Crippen LogP contribution in [0.25, 0.3) is 0 Å². The van der Waals surface area contributed by atoms with Crippen LogP contribution in [0.1, 0.15) is 29.5 Å². The molecule has 0 unspecified atom stereocenters. The molecule has 5 rings (SSSR count). The van der Waals surface area contributed by atoms with Gasteiger partial charge in [-0.3, -0.25) is 0 Å². The summed E-state index contributed by atoms with van der Waals surface area (Å²) in [4.78, 5) is 16.1. The number of phenols is 1. The number of nitrogens with zero attached hydrogens (tertiary/aromatic N) is 5. The van der Waals surface area contributed by atoms with E-state index in [0.29, 0.717) is 29.3 Å². The standard InChI is InChI=1S/C29H31N7O/c1-21-11-13-25(14-12-21)31-27-32-28(35-30-20-24-9-5-6-10-26(24)37)34-29(33-27)36-17-15-23(16-18-36)19-22-7-3-2-4-8-22/h2-14,20,23,37H,15-19H2,1H3,(H2,31,32,33,34,35). The Morgan fingerprint density at radius 2 is 1.59 bits per heavy atom. The first-order valence-electron chi connectivity index (χ1n) is 12.6. The Labute approximate surface area is 217 Å². The number of aryl methyl sites for hydroxylation is 1. The lowest BCUT2D eigenvalue weighted by molar-refractivity contribution is 0.400. The van der Waals surface area contributed by atoms with Crippen LogP contribution in [-0.4, -0.2) is 39.4 Å². The van der Waals surface area contributed by atoms with Crippen molar-refractivity contribution in [2.45, 2.75) is 26.2 Å². The van der Waals surface area contributed by atoms with Crippen LogP contribution in [0.3, 0.4) is 0 Å². The largest absolute Gasteiger partial charge is 0.507 e. The minimum absolute atomic E-state index is 0.157. The van der Waals surface area contributed by atoms with Gasteiger partial charge in [0.1, 0.15) is 5.75 Å². The summed E-state index contributed by atoms with van der Waals surface area (Å²) in [7, 11) is 0. The van der Waals surface area contributed by atoms with Crippen LogP contribution >= 0.6 is 0 Å². The van der Waals surface area contributed by atoms with Crippen LogP contribution in [-0.2, 0) is 6.42 Å². The first-order valence-corrected chi connectivity index (χ1v) is 12.6. The maximum absolute atomic E-state index is 9.99. The third-order valence-corrected chi connectivity index (χ3v) is 6.50. The molecule has 1 aliphatic rings. The number of rotatable bonds is 8. The van der Waals surface area contributed by atoms with E-state index in [2.05, 4.69) is 68.0 Å². The Morgan fingerprint density at radius 3 is 2.35 bits per heavy atom. The number of para-hydroxylation sites is 1. The highest BCUT2D eigenvalue weighted by Crippen LogP contribution is 2.26. The van der Waals surface area contributed by atoms with Gasteiger partial charge in [0.2, 0.25) is 17.8 Å². The van der Waals surface area contributed by atoms with E-state index >= 15 is 0 Å². The van der Waals surface area contributed by atoms with Crippen LogP contribution in [0, 0.1) is 12.8 Å². The van der Waals surface area contributed by atoms with Crippen molar-refractivity contribution in [2.24, 2.45) is 11.0 Å². The van der Waals surface area contributed by atoms with Gasteiger partial charge in [0, 0.05) is 24.3 Å². The predicted molar refractivity (Wildman–Crippen MR) is 149 cm³/mol. The average Bonchev–Trinajstić information content (AvgIpc) is 2.92. The Balaban J connectivity index is 1.32. The molecule has 1 aliphatic heterocycles. The summed E-state index contributed by atoms with van der Waals surface area (Å²) in [5.74, 6) is 2.19. The molecule has 0 aliphatic carbocycles. The number of phenolic OH excluding ortho intramolecular Hbond substituents is 1. The lowest BCUT2D eigenvalue weighted by atomic mass is 9.90. The van der Waals surface area contributed by atoms with Gasteiger partial charge in [0.05, 0.1) is 6.21 Å². The molecule has 0 spiro atoms. The van der Waals surface area contributed by atoms with Crippen molar-refractivity contribution < 1.29 is 5.11 Å². The van der Waals surface area contributed by atoms with Gasteiger partial charge in [0.25, 0.3) is 0 Å². The van der Waals surface area contributed by atoms with E-state index in [1.807, 2.05) is 30.3 Å². The minimum atomic E-state index is 0.157. The van der Waals surface area contributed by atoms with Crippen molar-refractivity contribution in [3.63, 3.8) is 0 Å². The summed E-state index contributed by atoms with van der Waals surface area (Å²) in [6.07, 6.45) is 4.80. The molecular weight excluding hydrogens is 462 g/mol. The summed E-state index contributed by atoms with van der Waals surface area (Å²) in [6.45, 7) is 3.81. The van der Waals surface area contributed by atoms with Gasteiger partial charge in [0.15, 0.2) is 0 Å². The van der Waals surface area contributed by atoms with Gasteiger partial charge in [-0.05, 0) is 61.9 Å². The zero-order chi connectivity index (χ0) is 25.5. The molecule has 4 aromatic rings. The van der Waals surface area contributed by atoms with Gasteiger partial charge < -0.3 is 15.3 Å². The molecule has 1 fully saturated rings. The van der Waals surface area contributed by atoms with Crippen LogP contribution in [0.15, 0.2) is 84.0 Å². The second kappa shape index (κ2) is 11.5. The SMILES string of the molecule is Cc1ccc(Nc2nc(NN=Cc3ccccc3O)nc(N3CCC(Cc4ccccc4)CC3)n2)cc1. The van der Waals surface area contributed by atoms with Crippen molar-refractivity contribution in [1.82, 2.24) is 15.0 Å². The van der Waals surface area contributed by atoms with Crippen LogP contribution in [0.5, 0.6) is 5.75 Å². The highest BCUT2D eigenvalue weighted by atomic mass is 16.3. The molecule has 0 radical (unpaired) electrons. The van der Waals surface area contributed by atoms with Gasteiger partial charge in [-0.2, -0.15) is 20.1 Å². The van der Waals surface area contributed by atoms with Crippen molar-refractivity contribution in [2.75, 3.05) is 28.7 Å². The molecule has 0 saturated carbocycles. The number of benzene rings is 3. The van der Waals surface area contributed by atoms with E-state index in [-0.39, 0.29) is 5.75 Å². The van der Waals surface area contributed by atoms with Gasteiger partial charge in [-0.1, -0.05) is 60.2 Å². The Hall–Kier alpha value is -4.46. The summed E-state index contributed by atoms with van der Waals surface area (Å²) in [5.41, 5.74) is 6.97. The fourth-order valence-electron chi connectivity index (χ4n) is 4.42. The topological polar surface area (TPSA) is 98.6 Å². The lowest BCUT2D eigenvalue weighted by Crippen LogP contribution is -2.35. The van der Waals surface area contributed by atoms with E-state index in [0.717, 1.165) is 38.0 Å². The van der Waals surface area contributed by atoms with Crippen molar-refractivity contribution >= 4 is 29.7 Å². The number of hydrogen-bond donors (Lipinski definition) is 3. The molecule has 37 heavy (non-hydrogen) atoms. The third kappa shape index (κ3) is 6.61. The predicted octanol–water partition coefficient (Wildman–Crippen LogP) is 5.53. The van der Waals surface area contributed by atoms with Crippen molar-refractivity contribution in [1.29, 1.82) is 0 Å². The smallest absolute Gasteiger partial charge is 0.250 e. The van der Waals surface area contributed by atoms with Crippen molar-refractivity contribution in [3.05, 3.63) is 95.6 Å². The van der Waals surface area contributed by atoms with Crippen LogP contribution in [0.2, 0.25) is 0 Å². The molecule has 2 heterocycles. The summed E-state index contributed by atoms with van der Waals surface area (Å²) in [6, 6.07) is 25.8. The average molecular weight is 494 g/mol. The fourth-order valence-corrected chi connectivity index (χ4v) is 4.42. The number of hydrogen-bond acceptors (Lipinski definition) is 8. The monoisotopic (exact) mass is 493 g/mol. The third-order valence-electron chi connectivity index (χ3n) is 6.50. The highest BCUT2D eigenvalue weighted by molar-refractivity contribution is 5.83. The first-order chi connectivity index (χ1) is 18.1. The maximum Gasteiger partial charge on any atom is 0.250 e. The number of piperidine rings is 1. The van der Waals surface area contributed by atoms with Crippen molar-refractivity contribution in [3.8, 4) is 5.75 Å². The summed E-state index contributed by atoms with van der Waals surface area (Å²) >= 11 is 0. The van der Waals surface area contributed by atoms with E-state index in [4.69, 9.17) is 4.98 Å². The number of aromatic nitrogens is 3. The number of aromatic hydroxyl groups is 1. The normalized spacial score (nSPS) is 14.1. The fraction of sp³-hybridized carbons (Fsp3) is 0.241. The second-order valence-corrected chi connectivity index (χ2v) is 9.32. The van der Waals surface area contributed by atoms with Gasteiger partial charge in [-0.15, -0.1) is 0 Å². The zero-order valence-corrected chi connectivity index (χ0v) is 20.9. The van der Waals surface area contributed by atoms with Gasteiger partial charge >= 0.3 is 0 Å². The highest BCUT2D eigenvalue weighted by Gasteiger charge is 2.22. The van der Waals surface area contributed by atoms with E-state index in [9.17, 15) is 5.11 Å². The molecule has 0 amide bonds. The van der Waals surface area contributed by atoms with E-state index < -0.39 is 0 Å². The second-order valence-electron chi connectivity index (χ2n) is 9.32.